The smallest absolute Gasteiger partial charge is 0.137 e. The number of furan rings is 1. The Morgan fingerprint density at radius 2 is 2.11 bits per heavy atom. The standard InChI is InChI=1S/C17H22O/c1-5-14(10-9-12(2)3)16-11-15-8-6-7-13(4)17(15)18-16/h5-8,11-12H,9-10H2,1-4H3/b14-5-. The van der Waals surface area contributed by atoms with Crippen molar-refractivity contribution in [2.45, 2.75) is 40.5 Å². The van der Waals surface area contributed by atoms with Crippen LogP contribution in [0.1, 0.15) is 44.9 Å². The van der Waals surface area contributed by atoms with E-state index in [0.717, 1.165) is 23.7 Å². The molecule has 0 N–H and O–H groups in total. The molecule has 0 radical (unpaired) electrons. The van der Waals surface area contributed by atoms with Crippen molar-refractivity contribution in [1.29, 1.82) is 0 Å². The first-order chi connectivity index (χ1) is 8.61. The van der Waals surface area contributed by atoms with Gasteiger partial charge in [-0.2, -0.15) is 0 Å². The molecule has 0 unspecified atom stereocenters. The number of benzene rings is 1. The highest BCUT2D eigenvalue weighted by molar-refractivity contribution is 5.84. The van der Waals surface area contributed by atoms with Gasteiger partial charge < -0.3 is 4.42 Å². The minimum Gasteiger partial charge on any atom is -0.456 e. The summed E-state index contributed by atoms with van der Waals surface area (Å²) in [5.74, 6) is 1.76. The van der Waals surface area contributed by atoms with Crippen LogP contribution < -0.4 is 0 Å². The lowest BCUT2D eigenvalue weighted by molar-refractivity contribution is 0.571. The lowest BCUT2D eigenvalue weighted by atomic mass is 10.0. The molecule has 96 valence electrons. The van der Waals surface area contributed by atoms with Crippen LogP contribution in [-0.4, -0.2) is 0 Å². The van der Waals surface area contributed by atoms with Gasteiger partial charge in [-0.15, -0.1) is 0 Å². The van der Waals surface area contributed by atoms with Gasteiger partial charge in [-0.1, -0.05) is 38.1 Å². The Labute approximate surface area is 110 Å². The molecule has 0 spiro atoms. The average molecular weight is 242 g/mol. The first-order valence-electron chi connectivity index (χ1n) is 6.76. The molecule has 0 atom stereocenters. The predicted molar refractivity (Wildman–Crippen MR) is 78.7 cm³/mol. The third kappa shape index (κ3) is 2.66. The number of allylic oxidation sites excluding steroid dienone is 2. The Hall–Kier alpha value is -1.50. The second-order valence-corrected chi connectivity index (χ2v) is 5.35. The van der Waals surface area contributed by atoms with E-state index >= 15 is 0 Å². The van der Waals surface area contributed by atoms with Gasteiger partial charge in [-0.05, 0) is 49.8 Å². The fraction of sp³-hybridized carbons (Fsp3) is 0.412. The van der Waals surface area contributed by atoms with Gasteiger partial charge in [0.1, 0.15) is 11.3 Å². The average Bonchev–Trinajstić information content (AvgIpc) is 2.75. The Kier molecular flexibility index (Phi) is 3.90. The molecule has 0 saturated heterocycles. The summed E-state index contributed by atoms with van der Waals surface area (Å²) >= 11 is 0. The number of fused-ring (bicyclic) bond motifs is 1. The molecule has 0 aliphatic carbocycles. The molecule has 2 rings (SSSR count). The van der Waals surface area contributed by atoms with Crippen LogP contribution in [0.3, 0.4) is 0 Å². The van der Waals surface area contributed by atoms with Gasteiger partial charge in [0.25, 0.3) is 0 Å². The van der Waals surface area contributed by atoms with Crippen molar-refractivity contribution < 1.29 is 4.42 Å². The third-order valence-electron chi connectivity index (χ3n) is 3.40. The van der Waals surface area contributed by atoms with Crippen molar-refractivity contribution in [3.63, 3.8) is 0 Å². The lowest BCUT2D eigenvalue weighted by Gasteiger charge is -2.06. The van der Waals surface area contributed by atoms with Crippen molar-refractivity contribution in [3.8, 4) is 0 Å². The van der Waals surface area contributed by atoms with E-state index in [9.17, 15) is 0 Å². The second kappa shape index (κ2) is 5.43. The Morgan fingerprint density at radius 3 is 2.72 bits per heavy atom. The predicted octanol–water partition coefficient (Wildman–Crippen LogP) is 5.58. The van der Waals surface area contributed by atoms with Gasteiger partial charge in [0.2, 0.25) is 0 Å². The zero-order valence-corrected chi connectivity index (χ0v) is 11.8. The molecule has 0 bridgehead atoms. The van der Waals surface area contributed by atoms with Crippen LogP contribution >= 0.6 is 0 Å². The molecule has 1 heteroatoms. The lowest BCUT2D eigenvalue weighted by Crippen LogP contribution is -1.89. The maximum absolute atomic E-state index is 6.02. The molecular formula is C17H22O. The van der Waals surface area contributed by atoms with E-state index in [1.54, 1.807) is 0 Å². The molecule has 18 heavy (non-hydrogen) atoms. The molecule has 1 aromatic carbocycles. The van der Waals surface area contributed by atoms with E-state index in [1.165, 1.54) is 22.9 Å². The van der Waals surface area contributed by atoms with Crippen LogP contribution in [-0.2, 0) is 0 Å². The van der Waals surface area contributed by atoms with Gasteiger partial charge in [0, 0.05) is 5.39 Å². The van der Waals surface area contributed by atoms with E-state index in [1.807, 2.05) is 0 Å². The highest BCUT2D eigenvalue weighted by Gasteiger charge is 2.10. The van der Waals surface area contributed by atoms with Crippen LogP contribution in [0, 0.1) is 12.8 Å². The maximum Gasteiger partial charge on any atom is 0.137 e. The van der Waals surface area contributed by atoms with Gasteiger partial charge in [-0.25, -0.2) is 0 Å². The third-order valence-corrected chi connectivity index (χ3v) is 3.40. The van der Waals surface area contributed by atoms with Crippen molar-refractivity contribution in [2.24, 2.45) is 5.92 Å². The fourth-order valence-electron chi connectivity index (χ4n) is 2.22. The van der Waals surface area contributed by atoms with Crippen LogP contribution in [0.2, 0.25) is 0 Å². The monoisotopic (exact) mass is 242 g/mol. The van der Waals surface area contributed by atoms with Gasteiger partial charge in [0.05, 0.1) is 0 Å². The summed E-state index contributed by atoms with van der Waals surface area (Å²) in [6.45, 7) is 8.71. The number of hydrogen-bond acceptors (Lipinski definition) is 1. The van der Waals surface area contributed by atoms with Crippen molar-refractivity contribution in [1.82, 2.24) is 0 Å². The number of aryl methyl sites for hydroxylation is 1. The molecule has 1 heterocycles. The van der Waals surface area contributed by atoms with Crippen molar-refractivity contribution in [3.05, 3.63) is 41.7 Å². The van der Waals surface area contributed by atoms with E-state index in [-0.39, 0.29) is 0 Å². The Bertz CT molecular complexity index is 558. The molecular weight excluding hydrogens is 220 g/mol. The molecule has 0 aliphatic rings. The summed E-state index contributed by atoms with van der Waals surface area (Å²) in [6, 6.07) is 8.46. The van der Waals surface area contributed by atoms with E-state index in [2.05, 4.69) is 58.0 Å². The summed E-state index contributed by atoms with van der Waals surface area (Å²) in [5, 5.41) is 1.20. The minimum atomic E-state index is 0.728. The minimum absolute atomic E-state index is 0.728. The van der Waals surface area contributed by atoms with Crippen LogP contribution in [0.4, 0.5) is 0 Å². The normalized spacial score (nSPS) is 12.6. The molecule has 0 saturated carbocycles. The topological polar surface area (TPSA) is 13.1 Å². The van der Waals surface area contributed by atoms with E-state index < -0.39 is 0 Å². The summed E-state index contributed by atoms with van der Waals surface area (Å²) in [6.07, 6.45) is 4.47. The Balaban J connectivity index is 2.32. The summed E-state index contributed by atoms with van der Waals surface area (Å²) in [4.78, 5) is 0. The largest absolute Gasteiger partial charge is 0.456 e. The molecule has 0 amide bonds. The van der Waals surface area contributed by atoms with Crippen LogP contribution in [0.5, 0.6) is 0 Å². The molecule has 1 aromatic heterocycles. The number of hydrogen-bond donors (Lipinski definition) is 0. The summed E-state index contributed by atoms with van der Waals surface area (Å²) in [5.41, 5.74) is 3.55. The maximum atomic E-state index is 6.02. The molecule has 0 aliphatic heterocycles. The van der Waals surface area contributed by atoms with Crippen LogP contribution in [0.15, 0.2) is 34.8 Å². The van der Waals surface area contributed by atoms with E-state index in [4.69, 9.17) is 4.42 Å². The Morgan fingerprint density at radius 1 is 1.33 bits per heavy atom. The highest BCUT2D eigenvalue weighted by Crippen LogP contribution is 2.29. The van der Waals surface area contributed by atoms with E-state index in [0.29, 0.717) is 0 Å². The van der Waals surface area contributed by atoms with Crippen molar-refractivity contribution in [2.75, 3.05) is 0 Å². The first-order valence-corrected chi connectivity index (χ1v) is 6.76. The van der Waals surface area contributed by atoms with Gasteiger partial charge >= 0.3 is 0 Å². The number of para-hydroxylation sites is 1. The summed E-state index contributed by atoms with van der Waals surface area (Å²) in [7, 11) is 0. The zero-order valence-electron chi connectivity index (χ0n) is 11.8. The molecule has 2 aromatic rings. The van der Waals surface area contributed by atoms with Crippen molar-refractivity contribution >= 4 is 16.5 Å². The SMILES string of the molecule is C/C=C(/CCC(C)C)c1cc2cccc(C)c2o1. The molecule has 1 nitrogen and oxygen atoms in total. The fourth-order valence-corrected chi connectivity index (χ4v) is 2.22. The quantitative estimate of drug-likeness (QED) is 0.682. The second-order valence-electron chi connectivity index (χ2n) is 5.35. The zero-order chi connectivity index (χ0) is 13.1. The van der Waals surface area contributed by atoms with Gasteiger partial charge in [-0.3, -0.25) is 0 Å². The van der Waals surface area contributed by atoms with Crippen LogP contribution in [0.25, 0.3) is 16.5 Å². The number of rotatable bonds is 4. The van der Waals surface area contributed by atoms with Gasteiger partial charge in [0.15, 0.2) is 0 Å². The summed E-state index contributed by atoms with van der Waals surface area (Å²) < 4.78 is 6.02. The first kappa shape index (κ1) is 12.9. The highest BCUT2D eigenvalue weighted by atomic mass is 16.3. The molecule has 0 fully saturated rings.